The Morgan fingerprint density at radius 1 is 1.06 bits per heavy atom. The number of hydrogen-bond acceptors (Lipinski definition) is 7. The van der Waals surface area contributed by atoms with Gasteiger partial charge in [-0.1, -0.05) is 19.1 Å². The molecule has 1 atom stereocenters. The molecule has 33 heavy (non-hydrogen) atoms. The van der Waals surface area contributed by atoms with Crippen molar-refractivity contribution in [1.82, 2.24) is 4.90 Å². The Morgan fingerprint density at radius 2 is 1.79 bits per heavy atom. The van der Waals surface area contributed by atoms with Crippen LogP contribution < -0.4 is 14.2 Å². The number of rotatable bonds is 8. The van der Waals surface area contributed by atoms with E-state index in [2.05, 4.69) is 0 Å². The van der Waals surface area contributed by atoms with E-state index in [0.717, 1.165) is 6.42 Å². The molecule has 4 rings (SSSR count). The molecule has 1 N–H and O–H groups in total. The van der Waals surface area contributed by atoms with Crippen molar-refractivity contribution in [3.63, 3.8) is 0 Å². The normalized spacial score (nSPS) is 19.1. The van der Waals surface area contributed by atoms with E-state index < -0.39 is 17.7 Å². The highest BCUT2D eigenvalue weighted by Crippen LogP contribution is 2.41. The molecule has 1 amide bonds. The maximum Gasteiger partial charge on any atom is 0.295 e. The number of carbonyl (C=O) groups is 2. The lowest BCUT2D eigenvalue weighted by Gasteiger charge is -2.25. The molecule has 8 nitrogen and oxygen atoms in total. The van der Waals surface area contributed by atoms with Gasteiger partial charge < -0.3 is 29.0 Å². The number of fused-ring (bicyclic) bond motifs is 1. The van der Waals surface area contributed by atoms with Gasteiger partial charge in [0, 0.05) is 19.2 Å². The molecule has 2 heterocycles. The van der Waals surface area contributed by atoms with Crippen LogP contribution in [-0.2, 0) is 14.3 Å². The molecule has 2 aromatic rings. The van der Waals surface area contributed by atoms with E-state index in [1.54, 1.807) is 42.5 Å². The molecular formula is C25H27NO7. The number of benzene rings is 2. The molecule has 174 valence electrons. The van der Waals surface area contributed by atoms with Crippen LogP contribution in [0.15, 0.2) is 48.0 Å². The molecule has 8 heteroatoms. The lowest BCUT2D eigenvalue weighted by Crippen LogP contribution is -2.32. The lowest BCUT2D eigenvalue weighted by molar-refractivity contribution is -0.140. The van der Waals surface area contributed by atoms with Gasteiger partial charge >= 0.3 is 0 Å². The summed E-state index contributed by atoms with van der Waals surface area (Å²) in [4.78, 5) is 27.4. The van der Waals surface area contributed by atoms with Crippen LogP contribution in [0.4, 0.5) is 0 Å². The van der Waals surface area contributed by atoms with Gasteiger partial charge in [0.1, 0.15) is 24.7 Å². The fourth-order valence-corrected chi connectivity index (χ4v) is 3.96. The Hall–Kier alpha value is -3.52. The molecule has 0 spiro atoms. The summed E-state index contributed by atoms with van der Waals surface area (Å²) < 4.78 is 21.9. The first-order valence-electron chi connectivity index (χ1n) is 10.9. The minimum absolute atomic E-state index is 0.0232. The number of ketones is 1. The zero-order valence-electron chi connectivity index (χ0n) is 18.7. The molecule has 0 radical (unpaired) electrons. The summed E-state index contributed by atoms with van der Waals surface area (Å²) in [6.45, 7) is 3.92. The zero-order valence-corrected chi connectivity index (χ0v) is 18.7. The first-order chi connectivity index (χ1) is 16.0. The van der Waals surface area contributed by atoms with E-state index in [0.29, 0.717) is 48.2 Å². The van der Waals surface area contributed by atoms with Crippen LogP contribution in [0, 0.1) is 0 Å². The highest BCUT2D eigenvalue weighted by atomic mass is 16.6. The topological polar surface area (TPSA) is 94.5 Å². The van der Waals surface area contributed by atoms with Crippen LogP contribution in [-0.4, -0.2) is 61.8 Å². The highest BCUT2D eigenvalue weighted by Gasteiger charge is 2.46. The Bertz CT molecular complexity index is 1060. The molecule has 2 aromatic carbocycles. The van der Waals surface area contributed by atoms with Gasteiger partial charge in [0.2, 0.25) is 0 Å². The first-order valence-corrected chi connectivity index (χ1v) is 10.9. The minimum Gasteiger partial charge on any atom is -0.507 e. The monoisotopic (exact) mass is 453 g/mol. The van der Waals surface area contributed by atoms with Crippen molar-refractivity contribution < 1.29 is 33.6 Å². The average molecular weight is 453 g/mol. The van der Waals surface area contributed by atoms with Crippen molar-refractivity contribution in [2.45, 2.75) is 19.4 Å². The van der Waals surface area contributed by atoms with E-state index in [1.807, 2.05) is 6.92 Å². The molecule has 2 aliphatic heterocycles. The fraction of sp³-hybridized carbons (Fsp3) is 0.360. The third-order valence-corrected chi connectivity index (χ3v) is 5.56. The number of aliphatic hydroxyl groups excluding tert-OH is 1. The number of carbonyl (C=O) groups excluding carboxylic acids is 2. The Labute approximate surface area is 192 Å². The molecular weight excluding hydrogens is 426 g/mol. The van der Waals surface area contributed by atoms with Gasteiger partial charge in [0.05, 0.1) is 24.8 Å². The summed E-state index contributed by atoms with van der Waals surface area (Å²) in [5.74, 6) is 0.0607. The quantitative estimate of drug-likeness (QED) is 0.372. The maximum absolute atomic E-state index is 13.0. The second-order valence-corrected chi connectivity index (χ2v) is 7.76. The Morgan fingerprint density at radius 3 is 2.48 bits per heavy atom. The number of ether oxygens (including phenoxy) is 4. The molecule has 0 bridgehead atoms. The summed E-state index contributed by atoms with van der Waals surface area (Å²) in [5, 5.41) is 11.2. The van der Waals surface area contributed by atoms with Crippen LogP contribution in [0.2, 0.25) is 0 Å². The van der Waals surface area contributed by atoms with Crippen molar-refractivity contribution in [1.29, 1.82) is 0 Å². The highest BCUT2D eigenvalue weighted by molar-refractivity contribution is 6.46. The molecule has 1 fully saturated rings. The summed E-state index contributed by atoms with van der Waals surface area (Å²) in [5.41, 5.74) is 1.08. The Balaban J connectivity index is 1.76. The van der Waals surface area contributed by atoms with E-state index in [4.69, 9.17) is 18.9 Å². The SMILES string of the molecule is CCCOc1ccc(C2/C(=C(\O)c3ccc4c(c3)OCCO4)C(=O)C(=O)N2CCOC)cc1. The third kappa shape index (κ3) is 4.52. The van der Waals surface area contributed by atoms with Crippen molar-refractivity contribution in [2.75, 3.05) is 40.1 Å². The second-order valence-electron chi connectivity index (χ2n) is 7.76. The average Bonchev–Trinajstić information content (AvgIpc) is 3.10. The van der Waals surface area contributed by atoms with E-state index in [9.17, 15) is 14.7 Å². The van der Waals surface area contributed by atoms with Crippen molar-refractivity contribution in [2.24, 2.45) is 0 Å². The summed E-state index contributed by atoms with van der Waals surface area (Å²) in [6, 6.07) is 11.4. The standard InChI is InChI=1S/C25H27NO7/c1-3-11-31-18-7-4-16(5-8-18)22-21(24(28)25(29)26(22)10-12-30-2)23(27)17-6-9-19-20(15-17)33-14-13-32-19/h4-9,15,22,27H,3,10-14H2,1-2H3/b23-21+. The van der Waals surface area contributed by atoms with Gasteiger partial charge in [-0.2, -0.15) is 0 Å². The third-order valence-electron chi connectivity index (χ3n) is 5.56. The maximum atomic E-state index is 13.0. The van der Waals surface area contributed by atoms with Crippen LogP contribution in [0.1, 0.15) is 30.5 Å². The van der Waals surface area contributed by atoms with Gasteiger partial charge in [-0.3, -0.25) is 9.59 Å². The predicted molar refractivity (Wildman–Crippen MR) is 121 cm³/mol. The molecule has 0 saturated carbocycles. The number of methoxy groups -OCH3 is 1. The smallest absolute Gasteiger partial charge is 0.295 e. The van der Waals surface area contributed by atoms with E-state index >= 15 is 0 Å². The Kier molecular flexibility index (Phi) is 6.84. The first kappa shape index (κ1) is 22.7. The van der Waals surface area contributed by atoms with Crippen molar-refractivity contribution >= 4 is 17.4 Å². The molecule has 0 aromatic heterocycles. The number of likely N-dealkylation sites (tertiary alicyclic amines) is 1. The predicted octanol–water partition coefficient (Wildman–Crippen LogP) is 3.31. The van der Waals surface area contributed by atoms with Crippen LogP contribution in [0.25, 0.3) is 5.76 Å². The number of hydrogen-bond donors (Lipinski definition) is 1. The summed E-state index contributed by atoms with van der Waals surface area (Å²) >= 11 is 0. The van der Waals surface area contributed by atoms with Crippen LogP contribution in [0.5, 0.6) is 17.2 Å². The second kappa shape index (κ2) is 9.95. The lowest BCUT2D eigenvalue weighted by atomic mass is 9.95. The minimum atomic E-state index is -0.756. The van der Waals surface area contributed by atoms with E-state index in [-0.39, 0.29) is 24.5 Å². The molecule has 2 aliphatic rings. The number of amides is 1. The molecule has 1 unspecified atom stereocenters. The van der Waals surface area contributed by atoms with Gasteiger partial charge in [0.25, 0.3) is 11.7 Å². The fourth-order valence-electron chi connectivity index (χ4n) is 3.96. The number of aliphatic hydroxyl groups is 1. The van der Waals surface area contributed by atoms with Gasteiger partial charge in [-0.25, -0.2) is 0 Å². The van der Waals surface area contributed by atoms with Gasteiger partial charge in [-0.05, 0) is 42.3 Å². The zero-order chi connectivity index (χ0) is 23.4. The number of Topliss-reactive ketones (excluding diaryl/α,β-unsaturated/α-hetero) is 1. The molecule has 0 aliphatic carbocycles. The van der Waals surface area contributed by atoms with Crippen molar-refractivity contribution in [3.8, 4) is 17.2 Å². The van der Waals surface area contributed by atoms with Gasteiger partial charge in [0.15, 0.2) is 11.5 Å². The molecule has 1 saturated heterocycles. The largest absolute Gasteiger partial charge is 0.507 e. The van der Waals surface area contributed by atoms with Gasteiger partial charge in [-0.15, -0.1) is 0 Å². The summed E-state index contributed by atoms with van der Waals surface area (Å²) in [7, 11) is 1.53. The van der Waals surface area contributed by atoms with Crippen molar-refractivity contribution in [3.05, 3.63) is 59.2 Å². The van der Waals surface area contributed by atoms with E-state index in [1.165, 1.54) is 12.0 Å². The number of nitrogens with zero attached hydrogens (tertiary/aromatic N) is 1. The summed E-state index contributed by atoms with van der Waals surface area (Å²) in [6.07, 6.45) is 0.883. The van der Waals surface area contributed by atoms with Crippen LogP contribution in [0.3, 0.4) is 0 Å². The van der Waals surface area contributed by atoms with Crippen LogP contribution >= 0.6 is 0 Å².